The van der Waals surface area contributed by atoms with Gasteiger partial charge in [-0.15, -0.1) is 0 Å². The molecule has 13 aromatic carbocycles. The molecule has 0 saturated carbocycles. The second kappa shape index (κ2) is 25.4. The third kappa shape index (κ3) is 13.1. The van der Waals surface area contributed by atoms with Crippen molar-refractivity contribution >= 4 is 21.8 Å². The largest absolute Gasteiger partial charge is 0.418 e. The predicted molar refractivity (Wildman–Crippen MR) is 415 cm³/mol. The van der Waals surface area contributed by atoms with Crippen LogP contribution in [0.3, 0.4) is 0 Å². The molecule has 99 heavy (non-hydrogen) atoms. The maximum absolute atomic E-state index is 15.4. The summed E-state index contributed by atoms with van der Waals surface area (Å²) in [6, 6.07) is 103. The van der Waals surface area contributed by atoms with Gasteiger partial charge in [0.15, 0.2) is 0 Å². The van der Waals surface area contributed by atoms with Crippen LogP contribution in [0.5, 0.6) is 0 Å². The summed E-state index contributed by atoms with van der Waals surface area (Å²) in [6.07, 6.45) is -4.61. The first-order chi connectivity index (χ1) is 47.2. The van der Waals surface area contributed by atoms with Gasteiger partial charge >= 0.3 is 6.18 Å². The highest BCUT2D eigenvalue weighted by Gasteiger charge is 2.35. The van der Waals surface area contributed by atoms with Crippen molar-refractivity contribution in [1.29, 1.82) is 0 Å². The van der Waals surface area contributed by atoms with E-state index in [4.69, 9.17) is 0 Å². The van der Waals surface area contributed by atoms with E-state index in [-0.39, 0.29) is 27.3 Å². The zero-order chi connectivity index (χ0) is 69.3. The van der Waals surface area contributed by atoms with E-state index in [1.165, 1.54) is 56.6 Å². The fourth-order valence-corrected chi connectivity index (χ4v) is 14.7. The van der Waals surface area contributed by atoms with E-state index < -0.39 is 11.7 Å². The quantitative estimate of drug-likeness (QED) is 0.122. The maximum atomic E-state index is 15.4. The summed E-state index contributed by atoms with van der Waals surface area (Å²) in [5.74, 6) is 0. The second-order valence-corrected chi connectivity index (χ2v) is 30.9. The molecule has 0 aliphatic rings. The third-order valence-electron chi connectivity index (χ3n) is 19.8. The highest BCUT2D eigenvalue weighted by atomic mass is 19.4. The van der Waals surface area contributed by atoms with E-state index in [1.54, 1.807) is 12.1 Å². The van der Waals surface area contributed by atoms with Crippen LogP contribution in [0.15, 0.2) is 291 Å². The first-order valence-electron chi connectivity index (χ1n) is 34.6. The van der Waals surface area contributed by atoms with Gasteiger partial charge in [0, 0.05) is 10.8 Å². The van der Waals surface area contributed by atoms with E-state index in [2.05, 4.69) is 338 Å². The number of benzene rings is 13. The van der Waals surface area contributed by atoms with Crippen molar-refractivity contribution in [3.8, 4) is 117 Å². The highest BCUT2D eigenvalue weighted by Crippen LogP contribution is 2.46. The molecule has 14 rings (SSSR count). The van der Waals surface area contributed by atoms with Crippen molar-refractivity contribution in [2.24, 2.45) is 0 Å². The van der Waals surface area contributed by atoms with Gasteiger partial charge in [-0.25, -0.2) is 0 Å². The molecule has 0 spiro atoms. The Hall–Kier alpha value is -10.6. The lowest BCUT2D eigenvalue weighted by Crippen LogP contribution is -2.12. The van der Waals surface area contributed by atoms with Gasteiger partial charge in [0.2, 0.25) is 0 Å². The molecule has 1 aromatic heterocycles. The van der Waals surface area contributed by atoms with Gasteiger partial charge in [0.05, 0.1) is 22.3 Å². The van der Waals surface area contributed by atoms with Gasteiger partial charge in [-0.05, 0) is 228 Å². The van der Waals surface area contributed by atoms with E-state index in [9.17, 15) is 0 Å². The van der Waals surface area contributed by atoms with Crippen molar-refractivity contribution in [3.05, 3.63) is 319 Å². The maximum Gasteiger partial charge on any atom is 0.418 e. The Kier molecular flexibility index (Phi) is 16.9. The van der Waals surface area contributed by atoms with Crippen molar-refractivity contribution in [1.82, 2.24) is 4.57 Å². The molecule has 1 heterocycles. The Labute approximate surface area is 583 Å². The second-order valence-electron chi connectivity index (χ2n) is 30.9. The number of rotatable bonds is 11. The van der Waals surface area contributed by atoms with E-state index in [0.29, 0.717) is 11.0 Å². The summed E-state index contributed by atoms with van der Waals surface area (Å²) in [5.41, 5.74) is 27.5. The van der Waals surface area contributed by atoms with E-state index >= 15 is 13.2 Å². The molecule has 0 amide bonds. The number of nitrogens with zero attached hydrogens (tertiary/aromatic N) is 1. The minimum Gasteiger partial charge on any atom is -0.309 e. The molecule has 0 fully saturated rings. The van der Waals surface area contributed by atoms with Crippen LogP contribution in [0.1, 0.15) is 111 Å². The summed E-state index contributed by atoms with van der Waals surface area (Å²) in [4.78, 5) is 0. The van der Waals surface area contributed by atoms with Crippen LogP contribution in [0.4, 0.5) is 13.2 Å². The number of alkyl halides is 3. The molecule has 0 unspecified atom stereocenters. The molecule has 0 atom stereocenters. The fraction of sp³-hybridized carbons (Fsp3) is 0.179. The Morgan fingerprint density at radius 2 is 0.414 bits per heavy atom. The van der Waals surface area contributed by atoms with Crippen LogP contribution in [-0.2, 0) is 27.8 Å². The van der Waals surface area contributed by atoms with Crippen LogP contribution in [0.25, 0.3) is 139 Å². The minimum atomic E-state index is -4.61. The van der Waals surface area contributed by atoms with E-state index in [1.807, 2.05) is 16.7 Å². The first kappa shape index (κ1) is 65.7. The number of para-hydroxylation sites is 1. The summed E-state index contributed by atoms with van der Waals surface area (Å²) in [7, 11) is 0. The van der Waals surface area contributed by atoms with Gasteiger partial charge in [0.25, 0.3) is 0 Å². The first-order valence-corrected chi connectivity index (χ1v) is 34.6. The molecule has 0 aliphatic heterocycles. The smallest absolute Gasteiger partial charge is 0.309 e. The van der Waals surface area contributed by atoms with Crippen LogP contribution in [0.2, 0.25) is 0 Å². The molecule has 0 radical (unpaired) electrons. The molecule has 4 heteroatoms. The average molecular weight is 1300 g/mol. The zero-order valence-electron chi connectivity index (χ0n) is 58.8. The van der Waals surface area contributed by atoms with Gasteiger partial charge < -0.3 is 4.57 Å². The molecule has 0 bridgehead atoms. The van der Waals surface area contributed by atoms with Crippen molar-refractivity contribution in [2.75, 3.05) is 0 Å². The van der Waals surface area contributed by atoms with Crippen LogP contribution < -0.4 is 0 Å². The summed E-state index contributed by atoms with van der Waals surface area (Å²) < 4.78 is 48.0. The van der Waals surface area contributed by atoms with Crippen molar-refractivity contribution in [2.45, 2.75) is 111 Å². The monoisotopic (exact) mass is 1300 g/mol. The molecule has 0 aliphatic carbocycles. The predicted octanol–water partition coefficient (Wildman–Crippen LogP) is 27.7. The Balaban J connectivity index is 0.947. The van der Waals surface area contributed by atoms with Crippen molar-refractivity contribution in [3.63, 3.8) is 0 Å². The fourth-order valence-electron chi connectivity index (χ4n) is 14.7. The summed E-state index contributed by atoms with van der Waals surface area (Å²) in [6.45, 7) is 27.1. The topological polar surface area (TPSA) is 4.93 Å². The standard InChI is InChI=1S/C95H84F3N/c1-91(2,3)83-27-17-13-23-77(83)65-41-33-61(34-42-65)71-53-72(62-35-43-66(44-36-62)78-24-14-18-28-84(78)92(4,5)6)56-75(55-71)69-49-51-88-81(59-69)82-60-70(50-52-89(82)99(88)90-32-22-21-31-87(90)95(96,97)98)76-57-73(63-37-45-67(46-38-63)79-25-15-19-29-85(79)93(7,8)9)54-74(58-76)64-39-47-68(48-40-64)80-26-16-20-30-86(80)94(10,11)12/h13-60H,1-12H3. The number of hydrogen-bond acceptors (Lipinski definition) is 0. The van der Waals surface area contributed by atoms with Crippen LogP contribution in [-0.4, -0.2) is 4.57 Å². The number of halogens is 3. The Morgan fingerprint density at radius 1 is 0.202 bits per heavy atom. The van der Waals surface area contributed by atoms with Gasteiger partial charge in [-0.2, -0.15) is 13.2 Å². The molecule has 14 aromatic rings. The lowest BCUT2D eigenvalue weighted by Gasteiger charge is -2.23. The Morgan fingerprint density at radius 3 is 0.667 bits per heavy atom. The molecular formula is C95H84F3N. The van der Waals surface area contributed by atoms with Gasteiger partial charge in [-0.3, -0.25) is 0 Å². The molecule has 0 N–H and O–H groups in total. The van der Waals surface area contributed by atoms with Crippen LogP contribution in [0, 0.1) is 0 Å². The highest BCUT2D eigenvalue weighted by molar-refractivity contribution is 6.12. The molecule has 1 nitrogen and oxygen atoms in total. The minimum absolute atomic E-state index is 0.0455. The number of hydrogen-bond donors (Lipinski definition) is 0. The van der Waals surface area contributed by atoms with Gasteiger partial charge in [0.1, 0.15) is 0 Å². The van der Waals surface area contributed by atoms with Gasteiger partial charge in [-0.1, -0.05) is 301 Å². The summed E-state index contributed by atoms with van der Waals surface area (Å²) >= 11 is 0. The lowest BCUT2D eigenvalue weighted by atomic mass is 9.81. The average Bonchev–Trinajstić information content (AvgIpc) is 1.58. The normalized spacial score (nSPS) is 12.4. The number of aromatic nitrogens is 1. The lowest BCUT2D eigenvalue weighted by molar-refractivity contribution is -0.137. The Bertz CT molecular complexity index is 4790. The third-order valence-corrected chi connectivity index (χ3v) is 19.8. The number of fused-ring (bicyclic) bond motifs is 3. The summed E-state index contributed by atoms with van der Waals surface area (Å²) in [5, 5.41) is 1.68. The molecule has 0 saturated heterocycles. The SMILES string of the molecule is CC(C)(C)c1ccccc1-c1ccc(-c2cc(-c3ccc(-c4ccccc4C(C)(C)C)cc3)cc(-c3ccc4c(c3)c3cc(-c5cc(-c6ccc(-c7ccccc7C(C)(C)C)cc6)cc(-c6ccc(-c7ccccc7C(C)(C)C)cc6)c5)ccc3n4-c3ccccc3C(F)(F)F)c2)cc1. The molecule has 490 valence electrons. The van der Waals surface area contributed by atoms with Crippen molar-refractivity contribution < 1.29 is 13.2 Å². The zero-order valence-corrected chi connectivity index (χ0v) is 58.8. The van der Waals surface area contributed by atoms with E-state index in [0.717, 1.165) is 99.8 Å². The molecular weight excluding hydrogens is 1210 g/mol. The van der Waals surface area contributed by atoms with Crippen LogP contribution >= 0.6 is 0 Å².